The summed E-state index contributed by atoms with van der Waals surface area (Å²) in [4.78, 5) is 2.22. The molecule has 1 aromatic rings. The lowest BCUT2D eigenvalue weighted by Crippen LogP contribution is -2.32. The molecule has 1 unspecified atom stereocenters. The Balaban J connectivity index is 1.97. The molecule has 1 heterocycles. The van der Waals surface area contributed by atoms with E-state index in [1.165, 1.54) is 29.9 Å². The van der Waals surface area contributed by atoms with E-state index in [1.54, 1.807) is 0 Å². The second kappa shape index (κ2) is 4.02. The molecular weight excluding hydrogens is 220 g/mol. The molecule has 0 aromatic heterocycles. The van der Waals surface area contributed by atoms with Gasteiger partial charge < -0.3 is 10.2 Å². The second-order valence-corrected chi connectivity index (χ2v) is 4.73. The largest absolute Gasteiger partial charge is 0.354 e. The summed E-state index contributed by atoms with van der Waals surface area (Å²) in [6.07, 6.45) is 4.83. The first-order chi connectivity index (χ1) is 7.86. The molecule has 16 heavy (non-hydrogen) atoms. The van der Waals surface area contributed by atoms with Gasteiger partial charge in [-0.15, -0.1) is 0 Å². The quantitative estimate of drug-likeness (QED) is 0.592. The molecule has 0 fully saturated rings. The molecule has 2 aliphatic rings. The molecule has 0 amide bonds. The van der Waals surface area contributed by atoms with Crippen molar-refractivity contribution in [3.05, 3.63) is 41.7 Å². The molecule has 1 aliphatic carbocycles. The number of halogens is 1. The lowest BCUT2D eigenvalue weighted by molar-refractivity contribution is 0.659. The predicted molar refractivity (Wildman–Crippen MR) is 67.2 cm³/mol. The van der Waals surface area contributed by atoms with Gasteiger partial charge in [-0.05, 0) is 37.8 Å². The van der Waals surface area contributed by atoms with Crippen molar-refractivity contribution in [2.24, 2.45) is 0 Å². The van der Waals surface area contributed by atoms with Crippen molar-refractivity contribution in [1.29, 1.82) is 0 Å². The maximum atomic E-state index is 6.36. The Labute approximate surface area is 101 Å². The summed E-state index contributed by atoms with van der Waals surface area (Å²) in [7, 11) is 0. The first kappa shape index (κ1) is 10.0. The normalized spacial score (nSPS) is 24.3. The highest BCUT2D eigenvalue weighted by Crippen LogP contribution is 2.36. The minimum Gasteiger partial charge on any atom is -0.354 e. The molecule has 1 aliphatic heterocycles. The van der Waals surface area contributed by atoms with Gasteiger partial charge in [-0.25, -0.2) is 0 Å². The molecule has 0 radical (unpaired) electrons. The van der Waals surface area contributed by atoms with Crippen molar-refractivity contribution >= 4 is 17.3 Å². The van der Waals surface area contributed by atoms with Crippen LogP contribution >= 0.6 is 11.6 Å². The number of hydrogen-bond donors (Lipinski definition) is 1. The van der Waals surface area contributed by atoms with Gasteiger partial charge in [-0.3, -0.25) is 0 Å². The average molecular weight is 235 g/mol. The number of alkyl halides is 1. The Hall–Kier alpha value is -1.15. The number of hydrogen-bond acceptors (Lipinski definition) is 2. The Morgan fingerprint density at radius 1 is 1.12 bits per heavy atom. The number of nitrogens with zero attached hydrogens (tertiary/aromatic N) is 1. The van der Waals surface area contributed by atoms with Crippen LogP contribution in [-0.2, 0) is 0 Å². The van der Waals surface area contributed by atoms with E-state index in [0.29, 0.717) is 0 Å². The van der Waals surface area contributed by atoms with Crippen LogP contribution < -0.4 is 10.2 Å². The first-order valence-corrected chi connectivity index (χ1v) is 6.27. The summed E-state index contributed by atoms with van der Waals surface area (Å²) < 4.78 is 0. The van der Waals surface area contributed by atoms with Gasteiger partial charge in [-0.1, -0.05) is 29.8 Å². The van der Waals surface area contributed by atoms with E-state index in [9.17, 15) is 0 Å². The Morgan fingerprint density at radius 3 is 2.69 bits per heavy atom. The monoisotopic (exact) mass is 234 g/mol. The summed E-state index contributed by atoms with van der Waals surface area (Å²) in [6, 6.07) is 10.4. The summed E-state index contributed by atoms with van der Waals surface area (Å²) >= 11 is 6.36. The molecule has 2 nitrogen and oxygen atoms in total. The van der Waals surface area contributed by atoms with Crippen LogP contribution in [0.5, 0.6) is 0 Å². The average Bonchev–Trinajstić information content (AvgIpc) is 2.66. The third-order valence-corrected chi connectivity index (χ3v) is 3.59. The highest BCUT2D eigenvalue weighted by atomic mass is 35.5. The summed E-state index contributed by atoms with van der Waals surface area (Å²) in [5.41, 5.74) is 3.79. The van der Waals surface area contributed by atoms with Crippen molar-refractivity contribution in [2.45, 2.75) is 31.3 Å². The zero-order valence-corrected chi connectivity index (χ0v) is 9.87. The summed E-state index contributed by atoms with van der Waals surface area (Å²) in [6.45, 7) is 0. The zero-order chi connectivity index (χ0) is 11.0. The predicted octanol–water partition coefficient (Wildman–Crippen LogP) is 3.40. The van der Waals surface area contributed by atoms with Crippen LogP contribution in [0.3, 0.4) is 0 Å². The molecule has 0 bridgehead atoms. The fraction of sp³-hybridized carbons (Fsp3) is 0.385. The highest BCUT2D eigenvalue weighted by molar-refractivity contribution is 6.22. The molecule has 1 aromatic carbocycles. The van der Waals surface area contributed by atoms with E-state index in [0.717, 1.165) is 12.8 Å². The number of benzene rings is 1. The maximum absolute atomic E-state index is 6.36. The van der Waals surface area contributed by atoms with E-state index < -0.39 is 0 Å². The van der Waals surface area contributed by atoms with Gasteiger partial charge >= 0.3 is 0 Å². The lowest BCUT2D eigenvalue weighted by atomic mass is 10.0. The third-order valence-electron chi connectivity index (χ3n) is 3.28. The minimum absolute atomic E-state index is 0.120. The van der Waals surface area contributed by atoms with Crippen LogP contribution in [0.2, 0.25) is 0 Å². The molecular formula is C13H15ClN2. The minimum atomic E-state index is -0.120. The van der Waals surface area contributed by atoms with Crippen LogP contribution in [0.4, 0.5) is 5.69 Å². The lowest BCUT2D eigenvalue weighted by Gasteiger charge is -2.25. The first-order valence-electron chi connectivity index (χ1n) is 5.83. The van der Waals surface area contributed by atoms with Crippen molar-refractivity contribution in [2.75, 3.05) is 4.90 Å². The molecule has 1 N–H and O–H groups in total. The number of anilines is 1. The van der Waals surface area contributed by atoms with E-state index in [1.807, 2.05) is 6.07 Å². The fourth-order valence-electron chi connectivity index (χ4n) is 2.53. The van der Waals surface area contributed by atoms with Crippen LogP contribution in [0, 0.1) is 0 Å². The summed E-state index contributed by atoms with van der Waals surface area (Å²) in [5.74, 6) is 0. The maximum Gasteiger partial charge on any atom is 0.181 e. The van der Waals surface area contributed by atoms with E-state index in [2.05, 4.69) is 34.5 Å². The molecule has 0 saturated carbocycles. The molecule has 0 saturated heterocycles. The van der Waals surface area contributed by atoms with Crippen LogP contribution in [-0.4, -0.2) is 5.62 Å². The molecule has 1 atom stereocenters. The van der Waals surface area contributed by atoms with Crippen LogP contribution in [0.15, 0.2) is 41.7 Å². The van der Waals surface area contributed by atoms with Gasteiger partial charge in [0.2, 0.25) is 0 Å². The fourth-order valence-corrected chi connectivity index (χ4v) is 2.89. The number of allylic oxidation sites excluding steroid dienone is 2. The smallest absolute Gasteiger partial charge is 0.181 e. The van der Waals surface area contributed by atoms with Gasteiger partial charge in [0.05, 0.1) is 0 Å². The molecule has 0 spiro atoms. The highest BCUT2D eigenvalue weighted by Gasteiger charge is 2.31. The van der Waals surface area contributed by atoms with E-state index in [4.69, 9.17) is 11.6 Å². The Morgan fingerprint density at radius 2 is 1.88 bits per heavy atom. The van der Waals surface area contributed by atoms with Crippen molar-refractivity contribution in [1.82, 2.24) is 5.32 Å². The van der Waals surface area contributed by atoms with E-state index in [-0.39, 0.29) is 5.62 Å². The Kier molecular flexibility index (Phi) is 2.52. The van der Waals surface area contributed by atoms with Gasteiger partial charge in [-0.2, -0.15) is 0 Å². The second-order valence-electron chi connectivity index (χ2n) is 4.32. The van der Waals surface area contributed by atoms with E-state index >= 15 is 0 Å². The van der Waals surface area contributed by atoms with Gasteiger partial charge in [0, 0.05) is 17.1 Å². The Bertz CT molecular complexity index is 413. The van der Waals surface area contributed by atoms with Gasteiger partial charge in [0.25, 0.3) is 0 Å². The van der Waals surface area contributed by atoms with Crippen molar-refractivity contribution in [3.8, 4) is 0 Å². The van der Waals surface area contributed by atoms with Crippen molar-refractivity contribution < 1.29 is 0 Å². The topological polar surface area (TPSA) is 15.3 Å². The third kappa shape index (κ3) is 1.57. The van der Waals surface area contributed by atoms with Gasteiger partial charge in [0.15, 0.2) is 5.62 Å². The SMILES string of the molecule is ClC1NC2=C(CCCC2)N1c1ccccc1. The van der Waals surface area contributed by atoms with Crippen molar-refractivity contribution in [3.63, 3.8) is 0 Å². The van der Waals surface area contributed by atoms with Crippen LogP contribution in [0.25, 0.3) is 0 Å². The molecule has 3 rings (SSSR count). The zero-order valence-electron chi connectivity index (χ0n) is 9.12. The molecule has 3 heteroatoms. The van der Waals surface area contributed by atoms with Crippen LogP contribution in [0.1, 0.15) is 25.7 Å². The number of rotatable bonds is 1. The number of para-hydroxylation sites is 1. The summed E-state index contributed by atoms with van der Waals surface area (Å²) in [5, 5.41) is 3.38. The molecule has 84 valence electrons. The standard InChI is InChI=1S/C13H15ClN2/c14-13-15-11-8-4-5-9-12(11)16(13)10-6-2-1-3-7-10/h1-3,6-7,13,15H,4-5,8-9H2. The van der Waals surface area contributed by atoms with Gasteiger partial charge in [0.1, 0.15) is 0 Å². The number of nitrogens with one attached hydrogen (secondary N) is 1.